The molecular formula is C25H38N4O4. The minimum atomic E-state index is -0.0200. The Kier molecular flexibility index (Phi) is 9.11. The van der Waals surface area contributed by atoms with E-state index in [1.54, 1.807) is 24.3 Å². The topological polar surface area (TPSA) is 82.2 Å². The van der Waals surface area contributed by atoms with E-state index in [9.17, 15) is 14.4 Å². The maximum atomic E-state index is 13.0. The summed E-state index contributed by atoms with van der Waals surface area (Å²) in [5, 5.41) is 2.82. The van der Waals surface area contributed by atoms with Crippen LogP contribution in [0, 0.1) is 0 Å². The van der Waals surface area contributed by atoms with Crippen molar-refractivity contribution in [3.8, 4) is 5.75 Å². The summed E-state index contributed by atoms with van der Waals surface area (Å²) in [5.41, 5.74) is 0.601. The van der Waals surface area contributed by atoms with Crippen molar-refractivity contribution < 1.29 is 19.1 Å². The van der Waals surface area contributed by atoms with E-state index in [0.717, 1.165) is 32.2 Å². The lowest BCUT2D eigenvalue weighted by Gasteiger charge is -2.38. The van der Waals surface area contributed by atoms with Gasteiger partial charge in [-0.1, -0.05) is 0 Å². The van der Waals surface area contributed by atoms with E-state index in [4.69, 9.17) is 4.74 Å². The fourth-order valence-corrected chi connectivity index (χ4v) is 4.80. The van der Waals surface area contributed by atoms with Gasteiger partial charge in [-0.25, -0.2) is 0 Å². The Morgan fingerprint density at radius 3 is 2.33 bits per heavy atom. The lowest BCUT2D eigenvalue weighted by molar-refractivity contribution is -0.139. The number of likely N-dealkylation sites (N-methyl/N-ethyl adjacent to an activating group) is 1. The first kappa shape index (κ1) is 25.0. The Morgan fingerprint density at radius 1 is 0.970 bits per heavy atom. The van der Waals surface area contributed by atoms with Crippen molar-refractivity contribution in [1.29, 1.82) is 0 Å². The molecule has 2 heterocycles. The van der Waals surface area contributed by atoms with Gasteiger partial charge in [0.15, 0.2) is 6.61 Å². The van der Waals surface area contributed by atoms with Gasteiger partial charge in [0.2, 0.25) is 5.91 Å². The number of piperidine rings is 1. The molecule has 1 aromatic rings. The molecule has 2 aliphatic heterocycles. The Morgan fingerprint density at radius 2 is 1.67 bits per heavy atom. The van der Waals surface area contributed by atoms with Crippen LogP contribution in [0.4, 0.5) is 0 Å². The Bertz CT molecular complexity index is 803. The number of nitrogens with one attached hydrogen (secondary N) is 1. The predicted molar refractivity (Wildman–Crippen MR) is 127 cm³/mol. The molecule has 8 heteroatoms. The van der Waals surface area contributed by atoms with Crippen molar-refractivity contribution in [2.75, 3.05) is 45.9 Å². The molecule has 0 bridgehead atoms. The van der Waals surface area contributed by atoms with Gasteiger partial charge in [0.05, 0.1) is 6.54 Å². The lowest BCUT2D eigenvalue weighted by atomic mass is 9.97. The zero-order valence-electron chi connectivity index (χ0n) is 20.2. The number of rotatable bonds is 7. The molecule has 1 N–H and O–H groups in total. The van der Waals surface area contributed by atoms with E-state index < -0.39 is 0 Å². The molecule has 0 radical (unpaired) electrons. The van der Waals surface area contributed by atoms with Gasteiger partial charge in [-0.2, -0.15) is 0 Å². The molecule has 0 aromatic heterocycles. The van der Waals surface area contributed by atoms with Gasteiger partial charge in [-0.15, -0.1) is 0 Å². The second-order valence-corrected chi connectivity index (χ2v) is 9.12. The average Bonchev–Trinajstić information content (AvgIpc) is 3.03. The number of hydrogen-bond acceptors (Lipinski definition) is 5. The zero-order chi connectivity index (χ0) is 23.8. The molecule has 2 saturated heterocycles. The van der Waals surface area contributed by atoms with E-state index in [1.807, 2.05) is 16.7 Å². The number of nitrogens with zero attached hydrogens (tertiary/aromatic N) is 3. The summed E-state index contributed by atoms with van der Waals surface area (Å²) in [5.74, 6) is 0.599. The second kappa shape index (κ2) is 12.0. The number of ether oxygens (including phenoxy) is 1. The molecule has 2 unspecified atom stereocenters. The highest BCUT2D eigenvalue weighted by molar-refractivity contribution is 5.94. The average molecular weight is 459 g/mol. The molecule has 2 aliphatic rings. The molecule has 2 atom stereocenters. The maximum absolute atomic E-state index is 13.0. The molecule has 3 amide bonds. The molecule has 1 aromatic carbocycles. The first-order valence-electron chi connectivity index (χ1n) is 12.2. The number of amides is 3. The fraction of sp³-hybridized carbons (Fsp3) is 0.640. The number of carbonyl (C=O) groups is 3. The summed E-state index contributed by atoms with van der Waals surface area (Å²) in [4.78, 5) is 43.3. The first-order valence-corrected chi connectivity index (χ1v) is 12.2. The highest BCUT2D eigenvalue weighted by Gasteiger charge is 2.29. The van der Waals surface area contributed by atoms with Gasteiger partial charge in [0.25, 0.3) is 11.8 Å². The van der Waals surface area contributed by atoms with Gasteiger partial charge >= 0.3 is 0 Å². The second-order valence-electron chi connectivity index (χ2n) is 9.12. The van der Waals surface area contributed by atoms with Gasteiger partial charge in [-0.3, -0.25) is 19.3 Å². The van der Waals surface area contributed by atoms with Gasteiger partial charge in [0.1, 0.15) is 5.75 Å². The summed E-state index contributed by atoms with van der Waals surface area (Å²) >= 11 is 0. The Hall–Kier alpha value is -2.61. The van der Waals surface area contributed by atoms with Crippen LogP contribution in [-0.4, -0.2) is 90.4 Å². The third kappa shape index (κ3) is 6.93. The molecule has 2 fully saturated rings. The van der Waals surface area contributed by atoms with Crippen LogP contribution < -0.4 is 10.1 Å². The molecule has 3 rings (SSSR count). The standard InChI is InChI=1S/C25H38N4O4/c1-4-26-23(30)17-27-13-6-14-28(16-15-27)25(32)21-9-11-22(12-10-21)33-18-24(31)29-19(2)7-5-8-20(29)3/h9-12,19-20H,4-8,13-18H2,1-3H3,(H,26,30). The molecule has 8 nitrogen and oxygen atoms in total. The van der Waals surface area contributed by atoms with E-state index in [1.165, 1.54) is 0 Å². The highest BCUT2D eigenvalue weighted by Crippen LogP contribution is 2.23. The largest absolute Gasteiger partial charge is 0.484 e. The molecule has 182 valence electrons. The smallest absolute Gasteiger partial charge is 0.260 e. The summed E-state index contributed by atoms with van der Waals surface area (Å²) in [6.07, 6.45) is 4.06. The predicted octanol–water partition coefficient (Wildman–Crippen LogP) is 2.14. The zero-order valence-corrected chi connectivity index (χ0v) is 20.2. The normalized spacial score (nSPS) is 21.9. The third-order valence-corrected chi connectivity index (χ3v) is 6.56. The van der Waals surface area contributed by atoms with Crippen molar-refractivity contribution in [1.82, 2.24) is 20.0 Å². The lowest BCUT2D eigenvalue weighted by Crippen LogP contribution is -2.49. The van der Waals surface area contributed by atoms with Crippen LogP contribution in [0.25, 0.3) is 0 Å². The highest BCUT2D eigenvalue weighted by atomic mass is 16.5. The number of carbonyl (C=O) groups excluding carboxylic acids is 3. The molecule has 0 saturated carbocycles. The van der Waals surface area contributed by atoms with Crippen molar-refractivity contribution in [2.45, 2.75) is 58.5 Å². The number of benzene rings is 1. The monoisotopic (exact) mass is 458 g/mol. The molecule has 33 heavy (non-hydrogen) atoms. The summed E-state index contributed by atoms with van der Waals surface area (Å²) < 4.78 is 5.73. The first-order chi connectivity index (χ1) is 15.9. The Balaban J connectivity index is 1.49. The quantitative estimate of drug-likeness (QED) is 0.677. The van der Waals surface area contributed by atoms with Crippen LogP contribution in [0.5, 0.6) is 5.75 Å². The maximum Gasteiger partial charge on any atom is 0.260 e. The van der Waals surface area contributed by atoms with E-state index in [-0.39, 0.29) is 36.4 Å². The number of likely N-dealkylation sites (tertiary alicyclic amines) is 1. The van der Waals surface area contributed by atoms with E-state index in [2.05, 4.69) is 24.1 Å². The van der Waals surface area contributed by atoms with E-state index >= 15 is 0 Å². The minimum absolute atomic E-state index is 0.00947. The minimum Gasteiger partial charge on any atom is -0.484 e. The van der Waals surface area contributed by atoms with Crippen LogP contribution >= 0.6 is 0 Å². The molecule has 0 spiro atoms. The van der Waals surface area contributed by atoms with Crippen molar-refractivity contribution in [2.24, 2.45) is 0 Å². The van der Waals surface area contributed by atoms with Gasteiger partial charge in [0, 0.05) is 50.4 Å². The third-order valence-electron chi connectivity index (χ3n) is 6.56. The van der Waals surface area contributed by atoms with Crippen molar-refractivity contribution in [3.05, 3.63) is 29.8 Å². The SMILES string of the molecule is CCNC(=O)CN1CCCN(C(=O)c2ccc(OCC(=O)N3C(C)CCCC3C)cc2)CC1. The summed E-state index contributed by atoms with van der Waals surface area (Å²) in [6.45, 7) is 9.85. The summed E-state index contributed by atoms with van der Waals surface area (Å²) in [7, 11) is 0. The van der Waals surface area contributed by atoms with Crippen LogP contribution in [0.2, 0.25) is 0 Å². The van der Waals surface area contributed by atoms with Crippen LogP contribution in [0.15, 0.2) is 24.3 Å². The Labute approximate surface area is 197 Å². The van der Waals surface area contributed by atoms with Gasteiger partial charge in [-0.05, 0) is 70.7 Å². The summed E-state index contributed by atoms with van der Waals surface area (Å²) in [6, 6.07) is 7.51. The van der Waals surface area contributed by atoms with E-state index in [0.29, 0.717) is 44.0 Å². The van der Waals surface area contributed by atoms with Crippen molar-refractivity contribution >= 4 is 17.7 Å². The van der Waals surface area contributed by atoms with Crippen LogP contribution in [-0.2, 0) is 9.59 Å². The van der Waals surface area contributed by atoms with Crippen molar-refractivity contribution in [3.63, 3.8) is 0 Å². The van der Waals surface area contributed by atoms with Crippen LogP contribution in [0.3, 0.4) is 0 Å². The van der Waals surface area contributed by atoms with Gasteiger partial charge < -0.3 is 19.9 Å². The fourth-order valence-electron chi connectivity index (χ4n) is 4.80. The number of hydrogen-bond donors (Lipinski definition) is 1. The molecule has 0 aliphatic carbocycles. The van der Waals surface area contributed by atoms with Crippen LogP contribution in [0.1, 0.15) is 56.8 Å². The molecular weight excluding hydrogens is 420 g/mol.